The summed E-state index contributed by atoms with van der Waals surface area (Å²) in [5.74, 6) is 0.695. The number of Topliss-reactive ketones (excluding diaryl/α,β-unsaturated/α-hetero) is 1. The second-order valence-corrected chi connectivity index (χ2v) is 6.86. The summed E-state index contributed by atoms with van der Waals surface area (Å²) in [5, 5.41) is 13.6. The van der Waals surface area contributed by atoms with E-state index in [0.717, 1.165) is 5.39 Å². The fraction of sp³-hybridized carbons (Fsp3) is 0.125. The third-order valence-corrected chi connectivity index (χ3v) is 5.07. The van der Waals surface area contributed by atoms with E-state index >= 15 is 0 Å². The zero-order chi connectivity index (χ0) is 21.1. The van der Waals surface area contributed by atoms with Crippen LogP contribution in [0.4, 0.5) is 5.88 Å². The molecule has 6 nitrogen and oxygen atoms in total. The molecule has 1 N–H and O–H groups in total. The number of nitriles is 1. The van der Waals surface area contributed by atoms with Gasteiger partial charge in [0.15, 0.2) is 17.2 Å². The van der Waals surface area contributed by atoms with Gasteiger partial charge in [-0.2, -0.15) is 5.26 Å². The van der Waals surface area contributed by atoms with E-state index in [4.69, 9.17) is 9.15 Å². The Hall–Kier alpha value is -4.11. The molecule has 0 radical (unpaired) electrons. The maximum Gasteiger partial charge on any atom is 0.212 e. The number of hydrogen-bond acceptors (Lipinski definition) is 6. The van der Waals surface area contributed by atoms with Gasteiger partial charge in [0.05, 0.1) is 18.7 Å². The monoisotopic (exact) mass is 397 g/mol. The van der Waals surface area contributed by atoms with E-state index in [1.54, 1.807) is 36.5 Å². The molecule has 1 atom stereocenters. The molecule has 2 aromatic heterocycles. The van der Waals surface area contributed by atoms with Gasteiger partial charge in [-0.1, -0.05) is 30.3 Å². The van der Waals surface area contributed by atoms with E-state index in [2.05, 4.69) is 16.4 Å². The number of carbonyl (C=O) groups excluding carboxylic acids is 1. The van der Waals surface area contributed by atoms with E-state index in [-0.39, 0.29) is 5.78 Å². The lowest BCUT2D eigenvalue weighted by Crippen LogP contribution is -2.43. The number of hydrogen-bond donors (Lipinski definition) is 1. The van der Waals surface area contributed by atoms with Crippen LogP contribution in [0.15, 0.2) is 77.3 Å². The molecular formula is C24H19N3O3. The number of aromatic nitrogens is 1. The van der Waals surface area contributed by atoms with Crippen molar-refractivity contribution < 1.29 is 13.9 Å². The molecular weight excluding hydrogens is 378 g/mol. The molecule has 0 aliphatic carbocycles. The molecule has 0 aliphatic heterocycles. The van der Waals surface area contributed by atoms with Crippen LogP contribution in [0.3, 0.4) is 0 Å². The topological polar surface area (TPSA) is 88.1 Å². The van der Waals surface area contributed by atoms with Crippen molar-refractivity contribution in [3.05, 3.63) is 89.6 Å². The Morgan fingerprint density at radius 1 is 1.10 bits per heavy atom. The first kappa shape index (κ1) is 19.2. The van der Waals surface area contributed by atoms with E-state index < -0.39 is 5.54 Å². The predicted molar refractivity (Wildman–Crippen MR) is 113 cm³/mol. The molecule has 0 saturated heterocycles. The van der Waals surface area contributed by atoms with Crippen LogP contribution in [0, 0.1) is 11.3 Å². The lowest BCUT2D eigenvalue weighted by atomic mass is 9.80. The van der Waals surface area contributed by atoms with Gasteiger partial charge in [0, 0.05) is 29.3 Å². The normalized spacial score (nSPS) is 12.7. The van der Waals surface area contributed by atoms with E-state index in [9.17, 15) is 10.1 Å². The quantitative estimate of drug-likeness (QED) is 0.509. The van der Waals surface area contributed by atoms with Crippen LogP contribution in [0.5, 0.6) is 5.88 Å². The first-order valence-electron chi connectivity index (χ1n) is 9.36. The summed E-state index contributed by atoms with van der Waals surface area (Å²) in [6, 6.07) is 22.0. The van der Waals surface area contributed by atoms with Gasteiger partial charge in [0.25, 0.3) is 0 Å². The second-order valence-electron chi connectivity index (χ2n) is 6.86. The Balaban J connectivity index is 1.93. The molecule has 0 fully saturated rings. The lowest BCUT2D eigenvalue weighted by Gasteiger charge is -2.33. The summed E-state index contributed by atoms with van der Waals surface area (Å²) in [5.41, 5.74) is 1.06. The molecule has 148 valence electrons. The first-order valence-corrected chi connectivity index (χ1v) is 9.36. The van der Waals surface area contributed by atoms with Crippen molar-refractivity contribution in [3.8, 4) is 11.9 Å². The number of benzene rings is 2. The number of rotatable bonds is 6. The summed E-state index contributed by atoms with van der Waals surface area (Å²) in [6.45, 7) is 1.50. The van der Waals surface area contributed by atoms with Crippen LogP contribution in [0.1, 0.15) is 23.6 Å². The van der Waals surface area contributed by atoms with Crippen molar-refractivity contribution in [1.29, 1.82) is 5.26 Å². The van der Waals surface area contributed by atoms with Gasteiger partial charge in [0.1, 0.15) is 5.58 Å². The van der Waals surface area contributed by atoms with E-state index in [1.807, 2.05) is 36.4 Å². The van der Waals surface area contributed by atoms with Crippen molar-refractivity contribution in [2.45, 2.75) is 12.5 Å². The molecule has 0 aliphatic rings. The summed E-state index contributed by atoms with van der Waals surface area (Å²) >= 11 is 0. The van der Waals surface area contributed by atoms with Gasteiger partial charge in [-0.25, -0.2) is 4.98 Å². The average molecular weight is 397 g/mol. The molecule has 2 aromatic carbocycles. The zero-order valence-electron chi connectivity index (χ0n) is 16.5. The number of ketones is 1. The Morgan fingerprint density at radius 2 is 1.93 bits per heavy atom. The van der Waals surface area contributed by atoms with E-state index in [1.165, 1.54) is 14.0 Å². The third-order valence-electron chi connectivity index (χ3n) is 5.07. The fourth-order valence-corrected chi connectivity index (χ4v) is 3.58. The molecule has 0 bridgehead atoms. The average Bonchev–Trinajstić information content (AvgIpc) is 3.20. The van der Waals surface area contributed by atoms with Crippen molar-refractivity contribution >= 4 is 22.6 Å². The maximum absolute atomic E-state index is 13.2. The highest BCUT2D eigenvalue weighted by atomic mass is 16.5. The van der Waals surface area contributed by atoms with Gasteiger partial charge < -0.3 is 14.5 Å². The van der Waals surface area contributed by atoms with Crippen molar-refractivity contribution in [2.75, 3.05) is 12.4 Å². The van der Waals surface area contributed by atoms with Gasteiger partial charge >= 0.3 is 0 Å². The number of fused-ring (bicyclic) bond motifs is 1. The summed E-state index contributed by atoms with van der Waals surface area (Å²) in [7, 11) is 1.53. The zero-order valence-corrected chi connectivity index (χ0v) is 16.5. The Morgan fingerprint density at radius 3 is 2.60 bits per heavy atom. The third kappa shape index (κ3) is 3.27. The number of methoxy groups -OCH3 is 1. The van der Waals surface area contributed by atoms with Crippen molar-refractivity contribution in [2.24, 2.45) is 0 Å². The van der Waals surface area contributed by atoms with Gasteiger partial charge in [-0.15, -0.1) is 0 Å². The number of furan rings is 1. The molecule has 4 rings (SSSR count). The molecule has 1 unspecified atom stereocenters. The number of ether oxygens (including phenoxy) is 1. The van der Waals surface area contributed by atoms with Crippen LogP contribution < -0.4 is 10.1 Å². The number of nitrogens with one attached hydrogen (secondary N) is 1. The van der Waals surface area contributed by atoms with Crippen LogP contribution in [-0.2, 0) is 10.3 Å². The van der Waals surface area contributed by atoms with Crippen LogP contribution >= 0.6 is 0 Å². The fourth-order valence-electron chi connectivity index (χ4n) is 3.58. The molecule has 0 spiro atoms. The Bertz CT molecular complexity index is 1220. The number of nitrogens with zero attached hydrogens (tertiary/aromatic N) is 2. The minimum absolute atomic E-state index is 0.176. The summed E-state index contributed by atoms with van der Waals surface area (Å²) < 4.78 is 11.1. The largest absolute Gasteiger partial charge is 0.481 e. The van der Waals surface area contributed by atoms with Gasteiger partial charge in [0.2, 0.25) is 5.88 Å². The van der Waals surface area contributed by atoms with E-state index in [0.29, 0.717) is 34.0 Å². The Labute approximate surface area is 173 Å². The number of anilines is 1. The summed E-state index contributed by atoms with van der Waals surface area (Å²) in [4.78, 5) is 17.5. The van der Waals surface area contributed by atoms with Crippen molar-refractivity contribution in [1.82, 2.24) is 4.98 Å². The van der Waals surface area contributed by atoms with Gasteiger partial charge in [-0.3, -0.25) is 4.79 Å². The molecule has 6 heteroatoms. The summed E-state index contributed by atoms with van der Waals surface area (Å²) in [6.07, 6.45) is 1.59. The number of para-hydroxylation sites is 1. The first-order chi connectivity index (χ1) is 14.6. The van der Waals surface area contributed by atoms with Crippen LogP contribution in [0.2, 0.25) is 0 Å². The molecule has 2 heterocycles. The standard InChI is InChI=1S/C24H19N3O3/c1-16(28)24(19-8-5-6-17(12-19)14-25,20-10-11-22(29-2)26-15-20)27-23-13-18-7-3-4-9-21(18)30-23/h3-13,15,27H,1-2H3. The second kappa shape index (κ2) is 7.72. The SMILES string of the molecule is COc1ccc(C(Nc2cc3ccccc3o2)(C(C)=O)c2cccc(C#N)c2)cn1. The molecule has 30 heavy (non-hydrogen) atoms. The van der Waals surface area contributed by atoms with Crippen LogP contribution in [0.25, 0.3) is 11.0 Å². The highest BCUT2D eigenvalue weighted by molar-refractivity contribution is 5.95. The highest BCUT2D eigenvalue weighted by Gasteiger charge is 2.41. The molecule has 4 aromatic rings. The minimum Gasteiger partial charge on any atom is -0.481 e. The predicted octanol–water partition coefficient (Wildman–Crippen LogP) is 4.65. The van der Waals surface area contributed by atoms with Crippen molar-refractivity contribution in [3.63, 3.8) is 0 Å². The minimum atomic E-state index is -1.31. The molecule has 0 saturated carbocycles. The van der Waals surface area contributed by atoms with Gasteiger partial charge in [-0.05, 0) is 36.8 Å². The Kier molecular flexibility index (Phi) is 4.95. The molecule has 0 amide bonds. The van der Waals surface area contributed by atoms with Crippen LogP contribution in [-0.4, -0.2) is 17.9 Å². The number of pyridine rings is 1. The highest BCUT2D eigenvalue weighted by Crippen LogP contribution is 2.37. The maximum atomic E-state index is 13.2. The lowest BCUT2D eigenvalue weighted by molar-refractivity contribution is -0.120. The smallest absolute Gasteiger partial charge is 0.212 e. The number of carbonyl (C=O) groups is 1.